The maximum atomic E-state index is 11.8. The monoisotopic (exact) mass is 261 g/mol. The molecule has 0 amide bonds. The molecule has 1 aromatic rings. The van der Waals surface area contributed by atoms with Crippen LogP contribution in [0.2, 0.25) is 0 Å². The van der Waals surface area contributed by atoms with Gasteiger partial charge in [-0.2, -0.15) is 0 Å². The third-order valence-corrected chi connectivity index (χ3v) is 4.94. The average molecular weight is 261 g/mol. The second-order valence-corrected chi connectivity index (χ2v) is 6.11. The fourth-order valence-corrected chi connectivity index (χ4v) is 4.01. The molecule has 2 nitrogen and oxygen atoms in total. The van der Waals surface area contributed by atoms with Crippen LogP contribution in [0.1, 0.15) is 32.1 Å². The van der Waals surface area contributed by atoms with Crippen LogP contribution >= 0.6 is 11.8 Å². The molecule has 2 aliphatic heterocycles. The number of carbonyl (C=O) groups is 1. The molecule has 1 aromatic carbocycles. The van der Waals surface area contributed by atoms with Crippen molar-refractivity contribution in [3.63, 3.8) is 0 Å². The number of hydrogen-bond acceptors (Lipinski definition) is 3. The molecule has 2 atom stereocenters. The van der Waals surface area contributed by atoms with Crippen molar-refractivity contribution in [2.75, 3.05) is 11.2 Å². The van der Waals surface area contributed by atoms with E-state index >= 15 is 0 Å². The number of hydrogen-bond donors (Lipinski definition) is 0. The summed E-state index contributed by atoms with van der Waals surface area (Å²) < 4.78 is 0. The minimum absolute atomic E-state index is 0.443. The second kappa shape index (κ2) is 4.96. The molecule has 2 fully saturated rings. The van der Waals surface area contributed by atoms with E-state index in [2.05, 4.69) is 35.4 Å². The number of anilines is 1. The lowest BCUT2D eigenvalue weighted by Gasteiger charge is -2.47. The fourth-order valence-electron chi connectivity index (χ4n) is 3.41. The molecule has 2 heterocycles. The number of fused-ring (bicyclic) bond motifs is 2. The molecule has 2 aliphatic rings. The van der Waals surface area contributed by atoms with Crippen molar-refractivity contribution in [3.8, 4) is 0 Å². The smallest absolute Gasteiger partial charge is 0.137 e. The van der Waals surface area contributed by atoms with E-state index in [0.717, 1.165) is 12.8 Å². The quantitative estimate of drug-likeness (QED) is 0.760. The number of benzene rings is 1. The number of Topliss-reactive ketones (excluding diaryl/α,β-unsaturated/α-hetero) is 1. The average Bonchev–Trinajstić information content (AvgIpc) is 2.37. The lowest BCUT2D eigenvalue weighted by molar-refractivity contribution is -0.121. The van der Waals surface area contributed by atoms with Crippen LogP contribution in [-0.2, 0) is 4.79 Å². The highest BCUT2D eigenvalue weighted by Crippen LogP contribution is 2.40. The molecule has 0 aliphatic carbocycles. The van der Waals surface area contributed by atoms with Crippen molar-refractivity contribution >= 4 is 23.2 Å². The first kappa shape index (κ1) is 12.1. The van der Waals surface area contributed by atoms with Gasteiger partial charge in [-0.05, 0) is 37.7 Å². The van der Waals surface area contributed by atoms with Gasteiger partial charge < -0.3 is 4.90 Å². The maximum Gasteiger partial charge on any atom is 0.137 e. The van der Waals surface area contributed by atoms with Gasteiger partial charge in [-0.25, -0.2) is 0 Å². The number of rotatable bonds is 2. The first-order valence-electron chi connectivity index (χ1n) is 6.72. The van der Waals surface area contributed by atoms with Gasteiger partial charge in [0.05, 0.1) is 5.69 Å². The minimum Gasteiger partial charge on any atom is -0.364 e. The Kier molecular flexibility index (Phi) is 3.33. The zero-order chi connectivity index (χ0) is 12.5. The van der Waals surface area contributed by atoms with Crippen molar-refractivity contribution in [2.45, 2.75) is 49.1 Å². The highest BCUT2D eigenvalue weighted by atomic mass is 32.2. The van der Waals surface area contributed by atoms with Crippen molar-refractivity contribution in [1.29, 1.82) is 0 Å². The predicted octanol–water partition coefficient (Wildman–Crippen LogP) is 3.50. The molecule has 0 radical (unpaired) electrons. The highest BCUT2D eigenvalue weighted by molar-refractivity contribution is 7.98. The Morgan fingerprint density at radius 1 is 1.17 bits per heavy atom. The number of piperidine rings is 2. The van der Waals surface area contributed by atoms with Gasteiger partial charge in [0.15, 0.2) is 0 Å². The summed E-state index contributed by atoms with van der Waals surface area (Å²) in [5.74, 6) is 0.461. The molecular formula is C15H19NOS. The van der Waals surface area contributed by atoms with E-state index < -0.39 is 0 Å². The Hall–Kier alpha value is -0.960. The van der Waals surface area contributed by atoms with Crippen molar-refractivity contribution in [1.82, 2.24) is 0 Å². The third kappa shape index (κ3) is 2.05. The molecule has 96 valence electrons. The molecule has 0 aromatic heterocycles. The topological polar surface area (TPSA) is 20.3 Å². The number of para-hydroxylation sites is 1. The standard InChI is InChI=1S/C15H19NOS/c1-18-15-8-3-2-7-14(15)16-11-5-4-6-12(16)10-13(17)9-11/h2-3,7-8,11-12H,4-6,9-10H2,1H3. The first-order valence-corrected chi connectivity index (χ1v) is 7.95. The summed E-state index contributed by atoms with van der Waals surface area (Å²) in [5.41, 5.74) is 1.34. The van der Waals surface area contributed by atoms with Crippen LogP contribution in [0.4, 0.5) is 5.69 Å². The van der Waals surface area contributed by atoms with Gasteiger partial charge in [0.1, 0.15) is 5.78 Å². The van der Waals surface area contributed by atoms with E-state index in [1.165, 1.54) is 29.8 Å². The van der Waals surface area contributed by atoms with Crippen LogP contribution < -0.4 is 4.90 Å². The Morgan fingerprint density at radius 3 is 2.50 bits per heavy atom. The second-order valence-electron chi connectivity index (χ2n) is 5.26. The van der Waals surface area contributed by atoms with E-state index in [4.69, 9.17) is 0 Å². The summed E-state index contributed by atoms with van der Waals surface area (Å²) in [6.07, 6.45) is 7.25. The van der Waals surface area contributed by atoms with Crippen LogP contribution in [0.3, 0.4) is 0 Å². The summed E-state index contributed by atoms with van der Waals surface area (Å²) in [6.45, 7) is 0. The summed E-state index contributed by atoms with van der Waals surface area (Å²) in [4.78, 5) is 15.7. The SMILES string of the molecule is CSc1ccccc1N1C2CCCC1CC(=O)C2. The summed E-state index contributed by atoms with van der Waals surface area (Å²) >= 11 is 1.80. The van der Waals surface area contributed by atoms with Crippen LogP contribution in [0.25, 0.3) is 0 Å². The summed E-state index contributed by atoms with van der Waals surface area (Å²) in [5, 5.41) is 0. The van der Waals surface area contributed by atoms with Crippen molar-refractivity contribution < 1.29 is 4.79 Å². The van der Waals surface area contributed by atoms with E-state index in [0.29, 0.717) is 17.9 Å². The molecule has 0 N–H and O–H groups in total. The van der Waals surface area contributed by atoms with Crippen molar-refractivity contribution in [3.05, 3.63) is 24.3 Å². The predicted molar refractivity (Wildman–Crippen MR) is 76.4 cm³/mol. The molecule has 0 spiro atoms. The molecular weight excluding hydrogens is 242 g/mol. The Morgan fingerprint density at radius 2 is 1.83 bits per heavy atom. The number of ketones is 1. The van der Waals surface area contributed by atoms with E-state index in [1.807, 2.05) is 0 Å². The van der Waals surface area contributed by atoms with Gasteiger partial charge in [0.25, 0.3) is 0 Å². The summed E-state index contributed by atoms with van der Waals surface area (Å²) in [7, 11) is 0. The Labute approximate surface area is 113 Å². The Bertz CT molecular complexity index is 444. The highest BCUT2D eigenvalue weighted by Gasteiger charge is 2.38. The largest absolute Gasteiger partial charge is 0.364 e. The van der Waals surface area contributed by atoms with Gasteiger partial charge in [0, 0.05) is 29.8 Å². The lowest BCUT2D eigenvalue weighted by atomic mass is 9.83. The van der Waals surface area contributed by atoms with Gasteiger partial charge in [-0.15, -0.1) is 11.8 Å². The molecule has 3 rings (SSSR count). The van der Waals surface area contributed by atoms with Crippen molar-refractivity contribution in [2.24, 2.45) is 0 Å². The Balaban J connectivity index is 1.97. The first-order chi connectivity index (χ1) is 8.79. The molecule has 18 heavy (non-hydrogen) atoms. The number of thioether (sulfide) groups is 1. The van der Waals surface area contributed by atoms with Crippen LogP contribution in [0.15, 0.2) is 29.2 Å². The summed E-state index contributed by atoms with van der Waals surface area (Å²) in [6, 6.07) is 9.50. The zero-order valence-electron chi connectivity index (χ0n) is 10.8. The van der Waals surface area contributed by atoms with Crippen LogP contribution in [0, 0.1) is 0 Å². The molecule has 2 bridgehead atoms. The van der Waals surface area contributed by atoms with E-state index in [9.17, 15) is 4.79 Å². The maximum absolute atomic E-state index is 11.8. The van der Waals surface area contributed by atoms with E-state index in [1.54, 1.807) is 11.8 Å². The fraction of sp³-hybridized carbons (Fsp3) is 0.533. The van der Waals surface area contributed by atoms with Crippen LogP contribution in [0.5, 0.6) is 0 Å². The van der Waals surface area contributed by atoms with Crippen LogP contribution in [-0.4, -0.2) is 24.1 Å². The van der Waals surface area contributed by atoms with Gasteiger partial charge in [-0.3, -0.25) is 4.79 Å². The molecule has 2 saturated heterocycles. The van der Waals surface area contributed by atoms with Gasteiger partial charge >= 0.3 is 0 Å². The zero-order valence-corrected chi connectivity index (χ0v) is 11.6. The molecule has 2 unspecified atom stereocenters. The number of carbonyl (C=O) groups excluding carboxylic acids is 1. The molecule has 0 saturated carbocycles. The van der Waals surface area contributed by atoms with Gasteiger partial charge in [0.2, 0.25) is 0 Å². The minimum atomic E-state index is 0.443. The van der Waals surface area contributed by atoms with Gasteiger partial charge in [-0.1, -0.05) is 12.1 Å². The normalized spacial score (nSPS) is 27.4. The molecule has 3 heteroatoms. The number of nitrogens with zero attached hydrogens (tertiary/aromatic N) is 1. The van der Waals surface area contributed by atoms with E-state index in [-0.39, 0.29) is 0 Å². The third-order valence-electron chi connectivity index (χ3n) is 4.15. The lowest BCUT2D eigenvalue weighted by Crippen LogP contribution is -2.52.